The van der Waals surface area contributed by atoms with Gasteiger partial charge in [0.1, 0.15) is 11.6 Å². The first-order valence-corrected chi connectivity index (χ1v) is 7.71. The Bertz CT molecular complexity index is 464. The molecule has 20 heavy (non-hydrogen) atoms. The van der Waals surface area contributed by atoms with Crippen molar-refractivity contribution in [2.24, 2.45) is 5.92 Å². The molecule has 0 saturated carbocycles. The van der Waals surface area contributed by atoms with E-state index in [4.69, 9.17) is 4.74 Å². The van der Waals surface area contributed by atoms with Crippen molar-refractivity contribution in [2.75, 3.05) is 6.61 Å². The molecule has 1 heterocycles. The summed E-state index contributed by atoms with van der Waals surface area (Å²) in [4.78, 5) is 0. The molecule has 0 spiro atoms. The SMILES string of the molecule is [CH2]C[C@H](c1c(F)cc(Br)cc1F)[C@H]1CCOC(C)(C)C1. The highest BCUT2D eigenvalue weighted by Crippen LogP contribution is 2.41. The molecule has 0 unspecified atom stereocenters. The van der Waals surface area contributed by atoms with Crippen LogP contribution in [0, 0.1) is 24.5 Å². The Morgan fingerprint density at radius 3 is 2.50 bits per heavy atom. The molecule has 1 fully saturated rings. The highest BCUT2D eigenvalue weighted by Gasteiger charge is 2.35. The van der Waals surface area contributed by atoms with Crippen LogP contribution in [0.25, 0.3) is 0 Å². The first-order valence-electron chi connectivity index (χ1n) is 6.91. The zero-order valence-corrected chi connectivity index (χ0v) is 13.5. The van der Waals surface area contributed by atoms with E-state index < -0.39 is 11.6 Å². The Balaban J connectivity index is 2.33. The molecule has 111 valence electrons. The van der Waals surface area contributed by atoms with E-state index in [9.17, 15) is 8.78 Å². The molecule has 0 aliphatic carbocycles. The molecule has 1 aliphatic rings. The summed E-state index contributed by atoms with van der Waals surface area (Å²) >= 11 is 3.12. The van der Waals surface area contributed by atoms with Gasteiger partial charge in [-0.05, 0) is 57.1 Å². The van der Waals surface area contributed by atoms with E-state index in [1.807, 2.05) is 13.8 Å². The number of halogens is 3. The lowest BCUT2D eigenvalue weighted by Gasteiger charge is -2.39. The Hall–Kier alpha value is -0.480. The molecule has 1 radical (unpaired) electrons. The van der Waals surface area contributed by atoms with E-state index in [1.165, 1.54) is 12.1 Å². The van der Waals surface area contributed by atoms with Gasteiger partial charge in [-0.15, -0.1) is 0 Å². The normalized spacial score (nSPS) is 23.6. The van der Waals surface area contributed by atoms with E-state index in [0.717, 1.165) is 12.8 Å². The quantitative estimate of drug-likeness (QED) is 0.727. The standard InChI is InChI=1S/C16H20BrF2O/c1-4-12(10-5-6-20-16(2,3)9-10)15-13(18)7-11(17)8-14(15)19/h7-8,10,12H,1,4-6,9H2,2-3H3/t10-,12-/m0/s1. The first-order chi connectivity index (χ1) is 9.34. The molecule has 0 aromatic heterocycles. The van der Waals surface area contributed by atoms with Crippen molar-refractivity contribution in [1.82, 2.24) is 0 Å². The van der Waals surface area contributed by atoms with E-state index in [2.05, 4.69) is 22.9 Å². The van der Waals surface area contributed by atoms with Gasteiger partial charge in [0.2, 0.25) is 0 Å². The van der Waals surface area contributed by atoms with Gasteiger partial charge in [0, 0.05) is 16.6 Å². The second-order valence-corrected chi connectivity index (χ2v) is 6.95. The molecule has 2 atom stereocenters. The third-order valence-corrected chi connectivity index (χ3v) is 4.49. The van der Waals surface area contributed by atoms with Gasteiger partial charge < -0.3 is 4.74 Å². The van der Waals surface area contributed by atoms with Gasteiger partial charge in [-0.25, -0.2) is 8.78 Å². The second-order valence-electron chi connectivity index (χ2n) is 6.04. The summed E-state index contributed by atoms with van der Waals surface area (Å²) < 4.78 is 34.4. The van der Waals surface area contributed by atoms with Gasteiger partial charge in [0.05, 0.1) is 5.60 Å². The second kappa shape index (κ2) is 6.10. The molecule has 1 aliphatic heterocycles. The fourth-order valence-electron chi connectivity index (χ4n) is 3.15. The van der Waals surface area contributed by atoms with Crippen molar-refractivity contribution in [3.63, 3.8) is 0 Å². The topological polar surface area (TPSA) is 9.23 Å². The van der Waals surface area contributed by atoms with Crippen molar-refractivity contribution >= 4 is 15.9 Å². The fraction of sp³-hybridized carbons (Fsp3) is 0.562. The number of benzene rings is 1. The molecular formula is C16H20BrF2O. The number of rotatable bonds is 3. The summed E-state index contributed by atoms with van der Waals surface area (Å²) in [6.07, 6.45) is 2.09. The average Bonchev–Trinajstić information content (AvgIpc) is 2.32. The third-order valence-electron chi connectivity index (χ3n) is 4.03. The average molecular weight is 346 g/mol. The number of ether oxygens (including phenoxy) is 1. The Kier molecular flexibility index (Phi) is 4.85. The largest absolute Gasteiger partial charge is 0.376 e. The molecule has 0 bridgehead atoms. The van der Waals surface area contributed by atoms with Crippen molar-refractivity contribution < 1.29 is 13.5 Å². The predicted octanol–water partition coefficient (Wildman–Crippen LogP) is 5.24. The lowest BCUT2D eigenvalue weighted by atomic mass is 9.75. The molecule has 1 aromatic carbocycles. The van der Waals surface area contributed by atoms with Crippen LogP contribution < -0.4 is 0 Å². The van der Waals surface area contributed by atoms with E-state index >= 15 is 0 Å². The summed E-state index contributed by atoms with van der Waals surface area (Å²) in [6, 6.07) is 2.65. The lowest BCUT2D eigenvalue weighted by molar-refractivity contribution is -0.0770. The summed E-state index contributed by atoms with van der Waals surface area (Å²) in [5.41, 5.74) is -0.0653. The summed E-state index contributed by atoms with van der Waals surface area (Å²) in [5.74, 6) is -0.989. The summed E-state index contributed by atoms with van der Waals surface area (Å²) in [5, 5.41) is 0. The molecule has 1 saturated heterocycles. The summed E-state index contributed by atoms with van der Waals surface area (Å²) in [6.45, 7) is 8.58. The van der Waals surface area contributed by atoms with Gasteiger partial charge in [0.15, 0.2) is 0 Å². The van der Waals surface area contributed by atoms with Crippen LogP contribution in [0.2, 0.25) is 0 Å². The minimum atomic E-state index is -0.491. The van der Waals surface area contributed by atoms with Crippen LogP contribution in [-0.2, 0) is 4.74 Å². The zero-order valence-electron chi connectivity index (χ0n) is 11.9. The van der Waals surface area contributed by atoms with Crippen molar-refractivity contribution in [2.45, 2.75) is 44.6 Å². The van der Waals surface area contributed by atoms with Gasteiger partial charge in [-0.2, -0.15) is 0 Å². The van der Waals surface area contributed by atoms with Crippen LogP contribution in [0.15, 0.2) is 16.6 Å². The predicted molar refractivity (Wildman–Crippen MR) is 79.5 cm³/mol. The minimum absolute atomic E-state index is 0.172. The highest BCUT2D eigenvalue weighted by atomic mass is 79.9. The molecule has 1 nitrogen and oxygen atoms in total. The maximum Gasteiger partial charge on any atom is 0.130 e. The highest BCUT2D eigenvalue weighted by molar-refractivity contribution is 9.10. The Labute approximate surface area is 127 Å². The molecule has 4 heteroatoms. The number of hydrogen-bond donors (Lipinski definition) is 0. The first kappa shape index (κ1) is 15.9. The van der Waals surface area contributed by atoms with Crippen LogP contribution in [0.4, 0.5) is 8.78 Å². The maximum atomic E-state index is 14.2. The number of hydrogen-bond acceptors (Lipinski definition) is 1. The van der Waals surface area contributed by atoms with E-state index in [0.29, 0.717) is 17.5 Å². The lowest BCUT2D eigenvalue weighted by Crippen LogP contribution is -2.36. The molecule has 1 aromatic rings. The van der Waals surface area contributed by atoms with Crippen molar-refractivity contribution in [3.8, 4) is 0 Å². The molecule has 0 N–H and O–H groups in total. The molecule has 0 amide bonds. The van der Waals surface area contributed by atoms with Crippen molar-refractivity contribution in [3.05, 3.63) is 40.7 Å². The van der Waals surface area contributed by atoms with Crippen LogP contribution in [0.1, 0.15) is 44.6 Å². The Morgan fingerprint density at radius 1 is 1.40 bits per heavy atom. The van der Waals surface area contributed by atoms with Gasteiger partial charge in [-0.3, -0.25) is 0 Å². The van der Waals surface area contributed by atoms with Crippen LogP contribution in [0.3, 0.4) is 0 Å². The Morgan fingerprint density at radius 2 is 2.00 bits per heavy atom. The fourth-order valence-corrected chi connectivity index (χ4v) is 3.55. The zero-order chi connectivity index (χ0) is 14.9. The van der Waals surface area contributed by atoms with Crippen LogP contribution >= 0.6 is 15.9 Å². The van der Waals surface area contributed by atoms with E-state index in [1.54, 1.807) is 0 Å². The van der Waals surface area contributed by atoms with E-state index in [-0.39, 0.29) is 23.0 Å². The van der Waals surface area contributed by atoms with Crippen LogP contribution in [-0.4, -0.2) is 12.2 Å². The monoisotopic (exact) mass is 345 g/mol. The van der Waals surface area contributed by atoms with Gasteiger partial charge in [0.25, 0.3) is 0 Å². The van der Waals surface area contributed by atoms with Gasteiger partial charge >= 0.3 is 0 Å². The molecule has 2 rings (SSSR count). The third kappa shape index (κ3) is 3.40. The molecular weight excluding hydrogens is 326 g/mol. The van der Waals surface area contributed by atoms with Crippen LogP contribution in [0.5, 0.6) is 0 Å². The van der Waals surface area contributed by atoms with Crippen molar-refractivity contribution in [1.29, 1.82) is 0 Å². The maximum absolute atomic E-state index is 14.2. The minimum Gasteiger partial charge on any atom is -0.376 e. The van der Waals surface area contributed by atoms with Gasteiger partial charge in [-0.1, -0.05) is 22.9 Å². The smallest absolute Gasteiger partial charge is 0.130 e. The summed E-state index contributed by atoms with van der Waals surface area (Å²) in [7, 11) is 0.